The van der Waals surface area contributed by atoms with Crippen molar-refractivity contribution in [3.8, 4) is 0 Å². The summed E-state index contributed by atoms with van der Waals surface area (Å²) in [6.07, 6.45) is 12.1. The van der Waals surface area contributed by atoms with Gasteiger partial charge in [-0.15, -0.1) is 24.4 Å². The molecule has 0 bridgehead atoms. The summed E-state index contributed by atoms with van der Waals surface area (Å²) >= 11 is 0. The van der Waals surface area contributed by atoms with Crippen molar-refractivity contribution in [3.63, 3.8) is 0 Å². The number of benzene rings is 3. The summed E-state index contributed by atoms with van der Waals surface area (Å²) in [5, 5.41) is 53.7. The molecule has 2 heterocycles. The normalized spacial score (nSPS) is 30.6. The van der Waals surface area contributed by atoms with E-state index in [0.29, 0.717) is 11.1 Å². The monoisotopic (exact) mass is 640 g/mol. The molecule has 0 spiro atoms. The summed E-state index contributed by atoms with van der Waals surface area (Å²) in [7, 11) is 0. The molecule has 4 unspecified atom stereocenters. The number of hydrogen-bond donors (Lipinski definition) is 0. The van der Waals surface area contributed by atoms with E-state index in [-0.39, 0.29) is 0 Å². The van der Waals surface area contributed by atoms with Gasteiger partial charge in [-0.2, -0.15) is 0 Å². The van der Waals surface area contributed by atoms with Crippen LogP contribution in [0.4, 0.5) is 11.4 Å². The lowest BCUT2D eigenvalue weighted by atomic mass is 9.63. The minimum Gasteiger partial charge on any atom is -0.851 e. The Hall–Kier alpha value is -3.94. The lowest BCUT2D eigenvalue weighted by molar-refractivity contribution is -0.544. The number of nitrogens with zero attached hydrogens (tertiary/aromatic N) is 2. The van der Waals surface area contributed by atoms with Crippen molar-refractivity contribution < 1.29 is 20.4 Å². The maximum Gasteiger partial charge on any atom is 0.0485 e. The zero-order chi connectivity index (χ0) is 33.4. The smallest absolute Gasteiger partial charge is 0.0485 e. The Balaban J connectivity index is 1.02. The van der Waals surface area contributed by atoms with Gasteiger partial charge in [0.05, 0.1) is 0 Å². The Kier molecular flexibility index (Phi) is 9.43. The van der Waals surface area contributed by atoms with Crippen LogP contribution in [0, 0.1) is 11.8 Å². The summed E-state index contributed by atoms with van der Waals surface area (Å²) in [5.41, 5.74) is 7.55. The van der Waals surface area contributed by atoms with Gasteiger partial charge in [-0.3, -0.25) is 0 Å². The third-order valence-corrected chi connectivity index (χ3v) is 10.8. The molecule has 4 aliphatic rings. The number of para-hydroxylation sites is 2. The fourth-order valence-electron chi connectivity index (χ4n) is 7.86. The molecule has 6 nitrogen and oxygen atoms in total. The molecule has 48 heavy (non-hydrogen) atoms. The first-order chi connectivity index (χ1) is 23.4. The van der Waals surface area contributed by atoms with Crippen LogP contribution in [0.3, 0.4) is 0 Å². The first-order valence-electron chi connectivity index (χ1n) is 17.7. The predicted octanol–water partition coefficient (Wildman–Crippen LogP) is 4.46. The molecule has 7 rings (SSSR count). The van der Waals surface area contributed by atoms with E-state index in [0.717, 1.165) is 72.4 Å². The van der Waals surface area contributed by atoms with Crippen molar-refractivity contribution in [3.05, 3.63) is 132 Å². The van der Waals surface area contributed by atoms with Gasteiger partial charge in [0.15, 0.2) is 0 Å². The van der Waals surface area contributed by atoms with Gasteiger partial charge >= 0.3 is 0 Å². The third-order valence-electron chi connectivity index (χ3n) is 10.8. The molecule has 3 aromatic carbocycles. The lowest BCUT2D eigenvalue weighted by Gasteiger charge is -2.61. The van der Waals surface area contributed by atoms with Gasteiger partial charge < -0.3 is 30.2 Å². The molecule has 0 aromatic heterocycles. The van der Waals surface area contributed by atoms with Crippen LogP contribution in [0.1, 0.15) is 73.6 Å². The van der Waals surface area contributed by atoms with Crippen LogP contribution in [-0.4, -0.2) is 37.5 Å². The van der Waals surface area contributed by atoms with E-state index in [2.05, 4.69) is 60.3 Å². The summed E-state index contributed by atoms with van der Waals surface area (Å²) in [5.74, 6) is -2.52. The fraction of sp³-hybridized carbons (Fsp3) is 0.381. The van der Waals surface area contributed by atoms with Crippen molar-refractivity contribution in [2.45, 2.75) is 75.8 Å². The highest BCUT2D eigenvalue weighted by atomic mass is 16.3. The highest BCUT2D eigenvalue weighted by molar-refractivity contribution is 5.87. The zero-order valence-electron chi connectivity index (χ0n) is 27.8. The maximum atomic E-state index is 13.4. The van der Waals surface area contributed by atoms with E-state index >= 15 is 0 Å². The number of fused-ring (bicyclic) bond motifs is 2. The van der Waals surface area contributed by atoms with Gasteiger partial charge in [0.25, 0.3) is 0 Å². The Morgan fingerprint density at radius 1 is 0.542 bits per heavy atom. The second-order valence-electron chi connectivity index (χ2n) is 13.7. The Labute approximate surface area is 284 Å². The highest BCUT2D eigenvalue weighted by Gasteiger charge is 2.39. The second-order valence-corrected chi connectivity index (χ2v) is 13.7. The number of allylic oxidation sites excluding steroid dienone is 4. The molecule has 0 N–H and O–H groups in total. The van der Waals surface area contributed by atoms with Crippen molar-refractivity contribution in [1.82, 2.24) is 0 Å². The van der Waals surface area contributed by atoms with Crippen LogP contribution in [0.2, 0.25) is 0 Å². The van der Waals surface area contributed by atoms with Gasteiger partial charge in [0, 0.05) is 48.0 Å². The molecule has 0 radical (unpaired) electrons. The molecule has 2 aliphatic heterocycles. The average Bonchev–Trinajstić information content (AvgIpc) is 3.12. The lowest BCUT2D eigenvalue weighted by Crippen LogP contribution is -2.65. The summed E-state index contributed by atoms with van der Waals surface area (Å²) in [6, 6.07) is 23.5. The molecule has 6 heteroatoms. The molecule has 2 saturated carbocycles. The van der Waals surface area contributed by atoms with E-state index in [1.807, 2.05) is 48.6 Å². The van der Waals surface area contributed by atoms with E-state index in [9.17, 15) is 20.4 Å². The molecule has 3 aromatic rings. The molecule has 4 atom stereocenters. The van der Waals surface area contributed by atoms with E-state index < -0.39 is 48.1 Å². The second kappa shape index (κ2) is 13.9. The van der Waals surface area contributed by atoms with E-state index in [1.165, 1.54) is 0 Å². The number of unbranched alkanes of at least 4 members (excludes halogenated alkanes) is 2. The number of rotatable bonds is 10. The van der Waals surface area contributed by atoms with Crippen LogP contribution in [0.25, 0.3) is 11.1 Å². The average molecular weight is 641 g/mol. The van der Waals surface area contributed by atoms with Gasteiger partial charge in [0.1, 0.15) is 0 Å². The molecular weight excluding hydrogens is 596 g/mol. The molecule has 0 saturated heterocycles. The Morgan fingerprint density at radius 3 is 1.29 bits per heavy atom. The summed E-state index contributed by atoms with van der Waals surface area (Å²) in [6.45, 7) is 6.20. The standard InChI is InChI=1S/C42H44N2O4/c1-3-5-21-43-23-19-29(31-11-7-9-13-35(31)43)25-33-39(45)37(40(33)46)27-15-17-28(18-16-27)38-41(47)34(42(38)48)26-30-20-24-44(22-6-4-2)36-14-10-8-12-32(30)36/h7-20,23-26,33-34,37-42H,3-6,21-22H2,1-2H3/q-4. The van der Waals surface area contributed by atoms with Crippen molar-refractivity contribution >= 4 is 22.5 Å². The minimum absolute atomic E-state index is 0.611. The van der Waals surface area contributed by atoms with Gasteiger partial charge in [-0.25, -0.2) is 0 Å². The van der Waals surface area contributed by atoms with Gasteiger partial charge in [0.2, 0.25) is 0 Å². The largest absolute Gasteiger partial charge is 0.851 e. The van der Waals surface area contributed by atoms with Crippen LogP contribution in [0.5, 0.6) is 0 Å². The topological polar surface area (TPSA) is 98.7 Å². The molecule has 2 aliphatic carbocycles. The summed E-state index contributed by atoms with van der Waals surface area (Å²) < 4.78 is 0. The minimum atomic E-state index is -1.05. The highest BCUT2D eigenvalue weighted by Crippen LogP contribution is 2.46. The van der Waals surface area contributed by atoms with Crippen LogP contribution >= 0.6 is 0 Å². The third kappa shape index (κ3) is 5.85. The number of hydrogen-bond acceptors (Lipinski definition) is 6. The Bertz CT molecular complexity index is 1580. The molecule has 250 valence electrons. The molecular formula is C42H44N2O4-4. The quantitative estimate of drug-likeness (QED) is 0.325. The molecule has 0 amide bonds. The Morgan fingerprint density at radius 2 is 0.917 bits per heavy atom. The number of anilines is 2. The van der Waals surface area contributed by atoms with Crippen molar-refractivity contribution in [1.29, 1.82) is 0 Å². The van der Waals surface area contributed by atoms with Gasteiger partial charge in [-0.1, -0.05) is 99.5 Å². The van der Waals surface area contributed by atoms with E-state index in [4.69, 9.17) is 0 Å². The van der Waals surface area contributed by atoms with Gasteiger partial charge in [-0.05, 0) is 83.1 Å². The van der Waals surface area contributed by atoms with Crippen LogP contribution < -0.4 is 30.2 Å². The van der Waals surface area contributed by atoms with Crippen LogP contribution in [0.15, 0.2) is 110 Å². The first-order valence-corrected chi connectivity index (χ1v) is 17.7. The SMILES string of the molecule is CCCCN1C=CC(=CC2C([O-])C(c3ccc(C4C([O-])C(C=C5C=CN(CCCC)c6ccccc65)C4[O-])cc3)C2[O-])c2ccccc21. The molecule has 2 fully saturated rings. The van der Waals surface area contributed by atoms with Crippen molar-refractivity contribution in [2.24, 2.45) is 11.8 Å². The first kappa shape index (κ1) is 32.6. The summed E-state index contributed by atoms with van der Waals surface area (Å²) in [4.78, 5) is 4.47. The fourth-order valence-corrected chi connectivity index (χ4v) is 7.86. The van der Waals surface area contributed by atoms with E-state index in [1.54, 1.807) is 24.3 Å². The zero-order valence-corrected chi connectivity index (χ0v) is 27.8. The predicted molar refractivity (Wildman–Crippen MR) is 186 cm³/mol. The maximum absolute atomic E-state index is 13.4. The van der Waals surface area contributed by atoms with Crippen molar-refractivity contribution in [2.75, 3.05) is 22.9 Å². The van der Waals surface area contributed by atoms with Crippen LogP contribution in [-0.2, 0) is 0 Å².